The first-order valence-corrected chi connectivity index (χ1v) is 4.23. The molecule has 5 heteroatoms. The minimum Gasteiger partial charge on any atom is -0.382 e. The van der Waals surface area contributed by atoms with Crippen LogP contribution in [0.25, 0.3) is 11.0 Å². The summed E-state index contributed by atoms with van der Waals surface area (Å²) in [6.07, 6.45) is 1.55. The van der Waals surface area contributed by atoms with Gasteiger partial charge in [0.15, 0.2) is 0 Å². The lowest BCUT2D eigenvalue weighted by Crippen LogP contribution is -1.92. The molecule has 1 aromatic carbocycles. The Labute approximate surface area is 94.3 Å². The summed E-state index contributed by atoms with van der Waals surface area (Å²) in [5.41, 5.74) is 7.13. The molecule has 13 heavy (non-hydrogen) atoms. The summed E-state index contributed by atoms with van der Waals surface area (Å²) in [4.78, 5) is 8.27. The van der Waals surface area contributed by atoms with E-state index in [4.69, 9.17) is 5.73 Å². The van der Waals surface area contributed by atoms with E-state index >= 15 is 0 Å². The second kappa shape index (κ2) is 4.02. The lowest BCUT2D eigenvalue weighted by atomic mass is 10.3. The van der Waals surface area contributed by atoms with Gasteiger partial charge in [0.1, 0.15) is 11.3 Å². The van der Waals surface area contributed by atoms with Crippen molar-refractivity contribution in [3.05, 3.63) is 28.9 Å². The van der Waals surface area contributed by atoms with Gasteiger partial charge in [0.2, 0.25) is 0 Å². The Morgan fingerprint density at radius 1 is 1.31 bits per heavy atom. The van der Waals surface area contributed by atoms with Crippen molar-refractivity contribution in [2.24, 2.45) is 0 Å². The second-order valence-corrected chi connectivity index (χ2v) is 3.26. The van der Waals surface area contributed by atoms with Gasteiger partial charge in [-0.25, -0.2) is 9.97 Å². The lowest BCUT2D eigenvalue weighted by Gasteiger charge is -1.98. The van der Waals surface area contributed by atoms with Gasteiger partial charge in [-0.1, -0.05) is 6.07 Å². The van der Waals surface area contributed by atoms with Gasteiger partial charge in [0, 0.05) is 4.47 Å². The van der Waals surface area contributed by atoms with Crippen LogP contribution in [0.1, 0.15) is 0 Å². The fourth-order valence-electron chi connectivity index (χ4n) is 1.02. The maximum atomic E-state index is 5.49. The van der Waals surface area contributed by atoms with Gasteiger partial charge in [-0.15, -0.1) is 17.0 Å². The molecule has 0 saturated heterocycles. The number of nitrogens with two attached hydrogens (primary N) is 1. The molecule has 1 heterocycles. The van der Waals surface area contributed by atoms with E-state index in [1.807, 2.05) is 18.2 Å². The zero-order valence-corrected chi connectivity index (χ0v) is 9.87. The molecule has 0 aliphatic rings. The number of nitrogens with zero attached hydrogens (tertiary/aromatic N) is 2. The molecule has 0 atom stereocenters. The van der Waals surface area contributed by atoms with E-state index < -0.39 is 0 Å². The number of hydrogen-bond acceptors (Lipinski definition) is 3. The maximum Gasteiger partial charge on any atom is 0.142 e. The smallest absolute Gasteiger partial charge is 0.142 e. The molecule has 0 bridgehead atoms. The van der Waals surface area contributed by atoms with Crippen LogP contribution in [-0.2, 0) is 0 Å². The SMILES string of the molecule is Br.Nc1cnc2c(Br)cccc2n1. The number of halogens is 2. The Morgan fingerprint density at radius 2 is 2.08 bits per heavy atom. The first kappa shape index (κ1) is 10.4. The molecule has 2 aromatic rings. The molecule has 0 radical (unpaired) electrons. The molecule has 0 fully saturated rings. The van der Waals surface area contributed by atoms with Crippen LogP contribution in [0.4, 0.5) is 5.82 Å². The van der Waals surface area contributed by atoms with E-state index in [0.717, 1.165) is 15.5 Å². The topological polar surface area (TPSA) is 51.8 Å². The van der Waals surface area contributed by atoms with Crippen molar-refractivity contribution in [2.45, 2.75) is 0 Å². The van der Waals surface area contributed by atoms with Gasteiger partial charge in [-0.3, -0.25) is 0 Å². The van der Waals surface area contributed by atoms with Crippen LogP contribution < -0.4 is 5.73 Å². The Bertz CT molecular complexity index is 431. The summed E-state index contributed by atoms with van der Waals surface area (Å²) in [6.45, 7) is 0. The number of nitrogen functional groups attached to an aromatic ring is 1. The zero-order chi connectivity index (χ0) is 8.55. The van der Waals surface area contributed by atoms with Crippen molar-refractivity contribution in [3.8, 4) is 0 Å². The average Bonchev–Trinajstić information content (AvgIpc) is 2.04. The Hall–Kier alpha value is -0.680. The molecule has 0 aliphatic heterocycles. The lowest BCUT2D eigenvalue weighted by molar-refractivity contribution is 1.30. The van der Waals surface area contributed by atoms with Crippen LogP contribution in [0.3, 0.4) is 0 Å². The van der Waals surface area contributed by atoms with Gasteiger partial charge >= 0.3 is 0 Å². The summed E-state index contributed by atoms with van der Waals surface area (Å²) in [5.74, 6) is 0.445. The molecule has 2 N–H and O–H groups in total. The van der Waals surface area contributed by atoms with Gasteiger partial charge in [0.25, 0.3) is 0 Å². The van der Waals surface area contributed by atoms with Crippen molar-refractivity contribution >= 4 is 49.8 Å². The average molecular weight is 305 g/mol. The van der Waals surface area contributed by atoms with E-state index in [0.29, 0.717) is 5.82 Å². The second-order valence-electron chi connectivity index (χ2n) is 2.40. The Kier molecular flexibility index (Phi) is 3.22. The molecule has 68 valence electrons. The molecule has 0 unspecified atom stereocenters. The fourth-order valence-corrected chi connectivity index (χ4v) is 1.48. The van der Waals surface area contributed by atoms with E-state index in [-0.39, 0.29) is 17.0 Å². The van der Waals surface area contributed by atoms with Crippen LogP contribution >= 0.6 is 32.9 Å². The summed E-state index contributed by atoms with van der Waals surface area (Å²) in [6, 6.07) is 5.71. The van der Waals surface area contributed by atoms with Crippen molar-refractivity contribution in [1.82, 2.24) is 9.97 Å². The summed E-state index contributed by atoms with van der Waals surface area (Å²) in [5, 5.41) is 0. The third kappa shape index (κ3) is 1.97. The van der Waals surface area contributed by atoms with E-state index in [1.165, 1.54) is 0 Å². The number of hydrogen-bond donors (Lipinski definition) is 1. The highest BCUT2D eigenvalue weighted by Crippen LogP contribution is 2.20. The van der Waals surface area contributed by atoms with E-state index in [1.54, 1.807) is 6.20 Å². The minimum absolute atomic E-state index is 0. The first-order chi connectivity index (χ1) is 5.77. The van der Waals surface area contributed by atoms with Crippen LogP contribution in [0.5, 0.6) is 0 Å². The third-order valence-electron chi connectivity index (χ3n) is 1.54. The van der Waals surface area contributed by atoms with Crippen molar-refractivity contribution < 1.29 is 0 Å². The molecular formula is C8H7Br2N3. The molecule has 0 spiro atoms. The van der Waals surface area contributed by atoms with Gasteiger partial charge in [-0.05, 0) is 28.1 Å². The quantitative estimate of drug-likeness (QED) is 0.814. The molecule has 3 nitrogen and oxygen atoms in total. The molecule has 0 saturated carbocycles. The maximum absolute atomic E-state index is 5.49. The predicted molar refractivity (Wildman–Crippen MR) is 62.0 cm³/mol. The van der Waals surface area contributed by atoms with E-state index in [9.17, 15) is 0 Å². The van der Waals surface area contributed by atoms with E-state index in [2.05, 4.69) is 25.9 Å². The zero-order valence-electron chi connectivity index (χ0n) is 6.57. The highest BCUT2D eigenvalue weighted by Gasteiger charge is 1.99. The number of aromatic nitrogens is 2. The summed E-state index contributed by atoms with van der Waals surface area (Å²) < 4.78 is 0.938. The van der Waals surface area contributed by atoms with Crippen LogP contribution in [0, 0.1) is 0 Å². The highest BCUT2D eigenvalue weighted by atomic mass is 79.9. The summed E-state index contributed by atoms with van der Waals surface area (Å²) in [7, 11) is 0. The first-order valence-electron chi connectivity index (χ1n) is 3.44. The molecule has 0 aliphatic carbocycles. The van der Waals surface area contributed by atoms with Crippen molar-refractivity contribution in [1.29, 1.82) is 0 Å². The van der Waals surface area contributed by atoms with Gasteiger partial charge < -0.3 is 5.73 Å². The number of benzene rings is 1. The minimum atomic E-state index is 0. The summed E-state index contributed by atoms with van der Waals surface area (Å²) >= 11 is 3.38. The van der Waals surface area contributed by atoms with Crippen LogP contribution in [-0.4, -0.2) is 9.97 Å². The Morgan fingerprint density at radius 3 is 2.85 bits per heavy atom. The van der Waals surface area contributed by atoms with Gasteiger partial charge in [0.05, 0.1) is 11.7 Å². The monoisotopic (exact) mass is 303 g/mol. The number of fused-ring (bicyclic) bond motifs is 1. The molecule has 2 rings (SSSR count). The van der Waals surface area contributed by atoms with Crippen molar-refractivity contribution in [2.75, 3.05) is 5.73 Å². The number of rotatable bonds is 0. The molecule has 1 aromatic heterocycles. The Balaban J connectivity index is 0.000000845. The molecule has 0 amide bonds. The van der Waals surface area contributed by atoms with Crippen LogP contribution in [0.15, 0.2) is 28.9 Å². The van der Waals surface area contributed by atoms with Crippen LogP contribution in [0.2, 0.25) is 0 Å². The fraction of sp³-hybridized carbons (Fsp3) is 0. The highest BCUT2D eigenvalue weighted by molar-refractivity contribution is 9.10. The predicted octanol–water partition coefficient (Wildman–Crippen LogP) is 2.55. The number of para-hydroxylation sites is 1. The number of anilines is 1. The standard InChI is InChI=1S/C8H6BrN3.BrH/c9-5-2-1-3-6-8(5)11-4-7(10)12-6;/h1-4H,(H2,10,12);1H. The normalized spacial score (nSPS) is 9.62. The molecular weight excluding hydrogens is 298 g/mol. The third-order valence-corrected chi connectivity index (χ3v) is 2.18. The largest absolute Gasteiger partial charge is 0.382 e. The van der Waals surface area contributed by atoms with Gasteiger partial charge in [-0.2, -0.15) is 0 Å². The van der Waals surface area contributed by atoms with Crippen molar-refractivity contribution in [3.63, 3.8) is 0 Å².